The predicted octanol–water partition coefficient (Wildman–Crippen LogP) is 3.34. The lowest BCUT2D eigenvalue weighted by molar-refractivity contribution is 0.355. The lowest BCUT2D eigenvalue weighted by Crippen LogP contribution is -2.12. The first kappa shape index (κ1) is 19.5. The molecule has 150 valence electrons. The standard InChI is InChI=1S/C19H19N5O3S2/c1-4-23-17(12-5-6-14(26-2)15(9-12)27-3)21-22-19(23)29-11-13-10-16(25)24-7-8-28-18(24)20-13/h5-10H,4,11H2,1-3H3. The van der Waals surface area contributed by atoms with Gasteiger partial charge in [0.25, 0.3) is 5.56 Å². The Kier molecular flexibility index (Phi) is 5.54. The minimum atomic E-state index is -0.0742. The fourth-order valence-electron chi connectivity index (χ4n) is 2.97. The molecule has 0 amide bonds. The van der Waals surface area contributed by atoms with Crippen molar-refractivity contribution in [3.05, 3.63) is 51.9 Å². The summed E-state index contributed by atoms with van der Waals surface area (Å²) in [5.74, 6) is 2.58. The van der Waals surface area contributed by atoms with Crippen molar-refractivity contribution in [1.82, 2.24) is 24.1 Å². The largest absolute Gasteiger partial charge is 0.493 e. The first-order valence-corrected chi connectivity index (χ1v) is 10.7. The van der Waals surface area contributed by atoms with E-state index >= 15 is 0 Å². The van der Waals surface area contributed by atoms with Gasteiger partial charge in [-0.05, 0) is 25.1 Å². The summed E-state index contributed by atoms with van der Waals surface area (Å²) < 4.78 is 14.3. The van der Waals surface area contributed by atoms with Crippen LogP contribution < -0.4 is 15.0 Å². The number of aromatic nitrogens is 5. The molecule has 0 spiro atoms. The molecule has 0 atom stereocenters. The Morgan fingerprint density at radius 1 is 1.14 bits per heavy atom. The molecule has 4 aromatic rings. The highest BCUT2D eigenvalue weighted by molar-refractivity contribution is 7.98. The molecule has 3 aromatic heterocycles. The first-order valence-electron chi connectivity index (χ1n) is 8.88. The number of hydrogen-bond donors (Lipinski definition) is 0. The molecule has 0 fully saturated rings. The van der Waals surface area contributed by atoms with Crippen molar-refractivity contribution in [1.29, 1.82) is 0 Å². The summed E-state index contributed by atoms with van der Waals surface area (Å²) in [6.45, 7) is 2.75. The van der Waals surface area contributed by atoms with Gasteiger partial charge in [-0.25, -0.2) is 4.98 Å². The van der Waals surface area contributed by atoms with E-state index in [0.717, 1.165) is 22.2 Å². The van der Waals surface area contributed by atoms with E-state index in [1.807, 2.05) is 35.1 Å². The molecule has 8 nitrogen and oxygen atoms in total. The summed E-state index contributed by atoms with van der Waals surface area (Å²) in [6, 6.07) is 7.23. The van der Waals surface area contributed by atoms with Crippen molar-refractivity contribution in [2.75, 3.05) is 14.2 Å². The Hall–Kier alpha value is -2.85. The summed E-state index contributed by atoms with van der Waals surface area (Å²) in [6.07, 6.45) is 1.73. The van der Waals surface area contributed by atoms with Crippen LogP contribution in [0.15, 0.2) is 45.8 Å². The zero-order valence-electron chi connectivity index (χ0n) is 16.2. The van der Waals surface area contributed by atoms with E-state index in [1.165, 1.54) is 23.1 Å². The number of hydrogen-bond acceptors (Lipinski definition) is 8. The number of thioether (sulfide) groups is 1. The lowest BCUT2D eigenvalue weighted by atomic mass is 10.2. The molecule has 0 aliphatic carbocycles. The van der Waals surface area contributed by atoms with Gasteiger partial charge in [-0.3, -0.25) is 9.20 Å². The summed E-state index contributed by atoms with van der Waals surface area (Å²) in [5.41, 5.74) is 1.54. The van der Waals surface area contributed by atoms with Gasteiger partial charge in [0.15, 0.2) is 27.4 Å². The van der Waals surface area contributed by atoms with E-state index < -0.39 is 0 Å². The van der Waals surface area contributed by atoms with E-state index in [0.29, 0.717) is 28.8 Å². The molecule has 0 aliphatic rings. The minimum absolute atomic E-state index is 0.0742. The topological polar surface area (TPSA) is 83.5 Å². The molecule has 10 heteroatoms. The molecular weight excluding hydrogens is 410 g/mol. The van der Waals surface area contributed by atoms with E-state index in [4.69, 9.17) is 9.47 Å². The lowest BCUT2D eigenvalue weighted by Gasteiger charge is -2.11. The number of methoxy groups -OCH3 is 2. The fourth-order valence-corrected chi connectivity index (χ4v) is 4.60. The highest BCUT2D eigenvalue weighted by Crippen LogP contribution is 2.33. The molecule has 4 rings (SSSR count). The van der Waals surface area contributed by atoms with E-state index in [2.05, 4.69) is 15.2 Å². The highest BCUT2D eigenvalue weighted by atomic mass is 32.2. The van der Waals surface area contributed by atoms with Crippen molar-refractivity contribution in [3.63, 3.8) is 0 Å². The van der Waals surface area contributed by atoms with Crippen molar-refractivity contribution < 1.29 is 9.47 Å². The van der Waals surface area contributed by atoms with Crippen LogP contribution in [0.5, 0.6) is 11.5 Å². The molecule has 0 bridgehead atoms. The normalized spacial score (nSPS) is 11.1. The average molecular weight is 430 g/mol. The van der Waals surface area contributed by atoms with Gasteiger partial charge in [0.2, 0.25) is 0 Å². The van der Waals surface area contributed by atoms with Gasteiger partial charge in [0.1, 0.15) is 0 Å². The summed E-state index contributed by atoms with van der Waals surface area (Å²) in [4.78, 5) is 17.4. The Balaban J connectivity index is 1.61. The van der Waals surface area contributed by atoms with Crippen LogP contribution in [-0.2, 0) is 12.3 Å². The molecule has 0 saturated carbocycles. The van der Waals surface area contributed by atoms with Crippen LogP contribution >= 0.6 is 23.1 Å². The van der Waals surface area contributed by atoms with Crippen molar-refractivity contribution in [3.8, 4) is 22.9 Å². The Labute approximate surface area is 175 Å². The van der Waals surface area contributed by atoms with Crippen LogP contribution in [0.2, 0.25) is 0 Å². The zero-order valence-corrected chi connectivity index (χ0v) is 17.8. The molecule has 0 aliphatic heterocycles. The number of fused-ring (bicyclic) bond motifs is 1. The number of benzene rings is 1. The van der Waals surface area contributed by atoms with Crippen LogP contribution in [0.3, 0.4) is 0 Å². The monoisotopic (exact) mass is 429 g/mol. The SMILES string of the molecule is CCn1c(SCc2cc(=O)n3ccsc3n2)nnc1-c1ccc(OC)c(OC)c1. The minimum Gasteiger partial charge on any atom is -0.493 e. The molecule has 0 unspecified atom stereocenters. The second-order valence-electron chi connectivity index (χ2n) is 6.05. The third-order valence-electron chi connectivity index (χ3n) is 4.38. The molecule has 0 radical (unpaired) electrons. The first-order chi connectivity index (χ1) is 14.1. The maximum Gasteiger partial charge on any atom is 0.258 e. The zero-order chi connectivity index (χ0) is 20.4. The van der Waals surface area contributed by atoms with E-state index in [9.17, 15) is 4.79 Å². The highest BCUT2D eigenvalue weighted by Gasteiger charge is 2.16. The van der Waals surface area contributed by atoms with Crippen LogP contribution in [-0.4, -0.2) is 38.4 Å². The fraction of sp³-hybridized carbons (Fsp3) is 0.263. The van der Waals surface area contributed by atoms with Crippen LogP contribution in [0.25, 0.3) is 16.3 Å². The average Bonchev–Trinajstić information content (AvgIpc) is 3.38. The maximum atomic E-state index is 12.2. The molecule has 1 aromatic carbocycles. The second kappa shape index (κ2) is 8.26. The second-order valence-corrected chi connectivity index (χ2v) is 7.87. The molecular formula is C19H19N5O3S2. The smallest absolute Gasteiger partial charge is 0.258 e. The van der Waals surface area contributed by atoms with Crippen LogP contribution in [0.4, 0.5) is 0 Å². The number of rotatable bonds is 7. The van der Waals surface area contributed by atoms with Crippen LogP contribution in [0.1, 0.15) is 12.6 Å². The molecule has 29 heavy (non-hydrogen) atoms. The maximum absolute atomic E-state index is 12.2. The van der Waals surface area contributed by atoms with Gasteiger partial charge in [-0.1, -0.05) is 11.8 Å². The Bertz CT molecular complexity index is 1210. The Morgan fingerprint density at radius 3 is 2.72 bits per heavy atom. The van der Waals surface area contributed by atoms with Gasteiger partial charge in [-0.2, -0.15) is 0 Å². The summed E-state index contributed by atoms with van der Waals surface area (Å²) in [5, 5.41) is 11.3. The van der Waals surface area contributed by atoms with Crippen LogP contribution in [0, 0.1) is 0 Å². The summed E-state index contributed by atoms with van der Waals surface area (Å²) >= 11 is 2.95. The third-order valence-corrected chi connectivity index (χ3v) is 6.14. The van der Waals surface area contributed by atoms with Gasteiger partial charge >= 0.3 is 0 Å². The Morgan fingerprint density at radius 2 is 1.97 bits per heavy atom. The predicted molar refractivity (Wildman–Crippen MR) is 113 cm³/mol. The van der Waals surface area contributed by atoms with E-state index in [1.54, 1.807) is 30.9 Å². The van der Waals surface area contributed by atoms with Gasteiger partial charge in [0, 0.05) is 35.5 Å². The van der Waals surface area contributed by atoms with Gasteiger partial charge in [-0.15, -0.1) is 21.5 Å². The van der Waals surface area contributed by atoms with Crippen molar-refractivity contribution in [2.45, 2.75) is 24.4 Å². The van der Waals surface area contributed by atoms with Crippen molar-refractivity contribution >= 4 is 28.1 Å². The number of ether oxygens (including phenoxy) is 2. The molecule has 0 N–H and O–H groups in total. The summed E-state index contributed by atoms with van der Waals surface area (Å²) in [7, 11) is 3.21. The molecule has 0 saturated heterocycles. The van der Waals surface area contributed by atoms with Crippen molar-refractivity contribution in [2.24, 2.45) is 0 Å². The van der Waals surface area contributed by atoms with Gasteiger partial charge in [0.05, 0.1) is 19.9 Å². The van der Waals surface area contributed by atoms with E-state index in [-0.39, 0.29) is 5.56 Å². The third kappa shape index (κ3) is 3.73. The number of thiazole rings is 1. The number of nitrogens with zero attached hydrogens (tertiary/aromatic N) is 5. The molecule has 3 heterocycles. The quantitative estimate of drug-likeness (QED) is 0.417. The van der Waals surface area contributed by atoms with Gasteiger partial charge < -0.3 is 14.0 Å².